The minimum absolute atomic E-state index is 0.0579. The lowest BCUT2D eigenvalue weighted by Gasteiger charge is -2.42. The van der Waals surface area contributed by atoms with E-state index in [1.807, 2.05) is 0 Å². The molecular weight excluding hydrogens is 470 g/mol. The van der Waals surface area contributed by atoms with Gasteiger partial charge >= 0.3 is 12.2 Å². The third-order valence-corrected chi connectivity index (χ3v) is 5.43. The maximum absolute atomic E-state index is 13.5. The topological polar surface area (TPSA) is 97.7 Å². The SMILES string of the molecule is COCCNC(=O)C1CN(C(=O)Nc2ccc(F)cc2)CCN1c1ccc(C#N)c(C(F)(F)F)c1. The number of nitrogens with one attached hydrogen (secondary N) is 2. The van der Waals surface area contributed by atoms with Crippen LogP contribution in [0.4, 0.5) is 33.7 Å². The van der Waals surface area contributed by atoms with Crippen LogP contribution >= 0.6 is 0 Å². The van der Waals surface area contributed by atoms with Gasteiger partial charge in [-0.1, -0.05) is 0 Å². The minimum Gasteiger partial charge on any atom is -0.383 e. The van der Waals surface area contributed by atoms with Gasteiger partial charge in [-0.05, 0) is 42.5 Å². The predicted molar refractivity (Wildman–Crippen MR) is 119 cm³/mol. The predicted octanol–water partition coefficient (Wildman–Crippen LogP) is 3.20. The summed E-state index contributed by atoms with van der Waals surface area (Å²) in [5, 5.41) is 14.3. The smallest absolute Gasteiger partial charge is 0.383 e. The summed E-state index contributed by atoms with van der Waals surface area (Å²) in [6, 6.07) is 8.36. The largest absolute Gasteiger partial charge is 0.417 e. The highest BCUT2D eigenvalue weighted by atomic mass is 19.4. The second kappa shape index (κ2) is 11.1. The number of urea groups is 1. The molecule has 1 aliphatic rings. The molecule has 0 bridgehead atoms. The molecule has 35 heavy (non-hydrogen) atoms. The Labute approximate surface area is 199 Å². The Kier molecular flexibility index (Phi) is 8.14. The molecule has 2 aromatic rings. The fourth-order valence-corrected chi connectivity index (χ4v) is 3.67. The molecule has 2 aromatic carbocycles. The fourth-order valence-electron chi connectivity index (χ4n) is 3.67. The van der Waals surface area contributed by atoms with Crippen molar-refractivity contribution in [3.8, 4) is 6.07 Å². The summed E-state index contributed by atoms with van der Waals surface area (Å²) in [5.41, 5.74) is -1.18. The molecule has 0 saturated carbocycles. The maximum atomic E-state index is 13.5. The number of amides is 3. The molecule has 1 aliphatic heterocycles. The van der Waals surface area contributed by atoms with Gasteiger partial charge in [0.05, 0.1) is 30.3 Å². The van der Waals surface area contributed by atoms with Gasteiger partial charge in [-0.15, -0.1) is 0 Å². The lowest BCUT2D eigenvalue weighted by molar-refractivity contribution is -0.137. The van der Waals surface area contributed by atoms with Gasteiger partial charge in [-0.2, -0.15) is 18.4 Å². The Hall–Kier alpha value is -3.85. The number of anilines is 2. The molecule has 1 unspecified atom stereocenters. The van der Waals surface area contributed by atoms with Gasteiger partial charge in [-0.3, -0.25) is 4.79 Å². The molecule has 0 aliphatic carbocycles. The summed E-state index contributed by atoms with van der Waals surface area (Å²) in [7, 11) is 1.45. The first-order chi connectivity index (χ1) is 16.6. The monoisotopic (exact) mass is 493 g/mol. The first kappa shape index (κ1) is 25.8. The summed E-state index contributed by atoms with van der Waals surface area (Å²) in [6.45, 7) is 0.441. The van der Waals surface area contributed by atoms with Crippen LogP contribution < -0.4 is 15.5 Å². The number of carbonyl (C=O) groups excluding carboxylic acids is 2. The Morgan fingerprint density at radius 2 is 1.89 bits per heavy atom. The van der Waals surface area contributed by atoms with Crippen molar-refractivity contribution in [2.75, 3.05) is 50.1 Å². The quantitative estimate of drug-likeness (QED) is 0.476. The molecule has 1 atom stereocenters. The van der Waals surface area contributed by atoms with Crippen LogP contribution in [-0.4, -0.2) is 62.8 Å². The Morgan fingerprint density at radius 1 is 1.17 bits per heavy atom. The van der Waals surface area contributed by atoms with Crippen LogP contribution in [0.3, 0.4) is 0 Å². The molecule has 3 rings (SSSR count). The number of hydrogen-bond acceptors (Lipinski definition) is 5. The van der Waals surface area contributed by atoms with Crippen molar-refractivity contribution in [2.24, 2.45) is 0 Å². The van der Waals surface area contributed by atoms with Crippen molar-refractivity contribution < 1.29 is 31.9 Å². The lowest BCUT2D eigenvalue weighted by atomic mass is 10.0. The normalized spacial score (nSPS) is 15.9. The molecule has 3 amide bonds. The highest BCUT2D eigenvalue weighted by Gasteiger charge is 2.38. The van der Waals surface area contributed by atoms with Crippen molar-refractivity contribution in [1.82, 2.24) is 10.2 Å². The summed E-state index contributed by atoms with van der Waals surface area (Å²) >= 11 is 0. The van der Waals surface area contributed by atoms with Crippen molar-refractivity contribution in [1.29, 1.82) is 5.26 Å². The van der Waals surface area contributed by atoms with Gasteiger partial charge in [0.1, 0.15) is 11.9 Å². The number of piperazine rings is 1. The van der Waals surface area contributed by atoms with E-state index in [4.69, 9.17) is 10.00 Å². The van der Waals surface area contributed by atoms with Crippen LogP contribution in [0, 0.1) is 17.1 Å². The second-order valence-electron chi connectivity index (χ2n) is 7.72. The van der Waals surface area contributed by atoms with E-state index in [2.05, 4.69) is 10.6 Å². The van der Waals surface area contributed by atoms with Crippen LogP contribution in [0.5, 0.6) is 0 Å². The van der Waals surface area contributed by atoms with E-state index in [0.717, 1.165) is 12.1 Å². The molecule has 8 nitrogen and oxygen atoms in total. The van der Waals surface area contributed by atoms with Gasteiger partial charge in [0, 0.05) is 38.1 Å². The van der Waals surface area contributed by atoms with Crippen molar-refractivity contribution in [3.63, 3.8) is 0 Å². The number of carbonyl (C=O) groups is 2. The first-order valence-corrected chi connectivity index (χ1v) is 10.6. The molecular formula is C23H23F4N5O3. The molecule has 0 aromatic heterocycles. The van der Waals surface area contributed by atoms with E-state index < -0.39 is 41.1 Å². The van der Waals surface area contributed by atoms with E-state index in [1.54, 1.807) is 0 Å². The van der Waals surface area contributed by atoms with Gasteiger partial charge in [0.15, 0.2) is 0 Å². The molecule has 2 N–H and O–H groups in total. The average molecular weight is 493 g/mol. The summed E-state index contributed by atoms with van der Waals surface area (Å²) in [6.07, 6.45) is -4.76. The summed E-state index contributed by atoms with van der Waals surface area (Å²) in [4.78, 5) is 28.5. The van der Waals surface area contributed by atoms with Crippen LogP contribution in [0.25, 0.3) is 0 Å². The van der Waals surface area contributed by atoms with E-state index in [1.165, 1.54) is 53.3 Å². The number of ether oxygens (including phenoxy) is 1. The average Bonchev–Trinajstić information content (AvgIpc) is 2.84. The van der Waals surface area contributed by atoms with Gasteiger partial charge < -0.3 is 25.2 Å². The van der Waals surface area contributed by atoms with E-state index >= 15 is 0 Å². The number of alkyl halides is 3. The molecule has 0 radical (unpaired) electrons. The number of rotatable bonds is 6. The molecule has 1 heterocycles. The van der Waals surface area contributed by atoms with E-state index in [9.17, 15) is 27.2 Å². The molecule has 1 saturated heterocycles. The Morgan fingerprint density at radius 3 is 2.51 bits per heavy atom. The highest BCUT2D eigenvalue weighted by Crippen LogP contribution is 2.35. The van der Waals surface area contributed by atoms with Crippen LogP contribution in [-0.2, 0) is 15.7 Å². The molecule has 12 heteroatoms. The van der Waals surface area contributed by atoms with Crippen LogP contribution in [0.2, 0.25) is 0 Å². The first-order valence-electron chi connectivity index (χ1n) is 10.6. The maximum Gasteiger partial charge on any atom is 0.417 e. The number of benzene rings is 2. The third-order valence-electron chi connectivity index (χ3n) is 5.43. The number of nitriles is 1. The molecule has 0 spiro atoms. The second-order valence-corrected chi connectivity index (χ2v) is 7.72. The Balaban J connectivity index is 1.85. The summed E-state index contributed by atoms with van der Waals surface area (Å²) < 4.78 is 58.5. The highest BCUT2D eigenvalue weighted by molar-refractivity contribution is 5.91. The van der Waals surface area contributed by atoms with Crippen molar-refractivity contribution in [3.05, 3.63) is 59.4 Å². The number of nitrogens with zero attached hydrogens (tertiary/aromatic N) is 3. The summed E-state index contributed by atoms with van der Waals surface area (Å²) in [5.74, 6) is -0.968. The van der Waals surface area contributed by atoms with Gasteiger partial charge in [-0.25, -0.2) is 9.18 Å². The Bertz CT molecular complexity index is 1100. The molecule has 1 fully saturated rings. The van der Waals surface area contributed by atoms with Crippen LogP contribution in [0.15, 0.2) is 42.5 Å². The standard InChI is InChI=1S/C23H23F4N5O3/c1-35-11-8-29-21(33)20-14-31(22(34)30-17-5-3-16(24)4-6-17)9-10-32(20)18-7-2-15(13-28)19(12-18)23(25,26)27/h2-7,12,20H,8-11,14H2,1H3,(H,29,33)(H,30,34). The van der Waals surface area contributed by atoms with Crippen molar-refractivity contribution >= 4 is 23.3 Å². The lowest BCUT2D eigenvalue weighted by Crippen LogP contribution is -2.61. The van der Waals surface area contributed by atoms with Gasteiger partial charge in [0.25, 0.3) is 0 Å². The number of methoxy groups -OCH3 is 1. The molecule has 186 valence electrons. The zero-order chi connectivity index (χ0) is 25.6. The van der Waals surface area contributed by atoms with E-state index in [0.29, 0.717) is 5.69 Å². The van der Waals surface area contributed by atoms with Crippen LogP contribution in [0.1, 0.15) is 11.1 Å². The number of hydrogen-bond donors (Lipinski definition) is 2. The number of halogens is 4. The zero-order valence-electron chi connectivity index (χ0n) is 18.7. The van der Waals surface area contributed by atoms with Crippen molar-refractivity contribution in [2.45, 2.75) is 12.2 Å². The van der Waals surface area contributed by atoms with Gasteiger partial charge in [0.2, 0.25) is 5.91 Å². The zero-order valence-corrected chi connectivity index (χ0v) is 18.7. The van der Waals surface area contributed by atoms with E-state index in [-0.39, 0.29) is 38.5 Å². The third kappa shape index (κ3) is 6.39. The fraction of sp³-hybridized carbons (Fsp3) is 0.348. The minimum atomic E-state index is -4.76.